The molecular weight excluding hydrogens is 745 g/mol. The molecule has 0 heterocycles. The lowest BCUT2D eigenvalue weighted by atomic mass is 10.1. The highest BCUT2D eigenvalue weighted by Gasteiger charge is 2.19. The molecule has 0 bridgehead atoms. The molecule has 0 aromatic carbocycles. The minimum absolute atomic E-state index is 0.0776. The van der Waals surface area contributed by atoms with Crippen molar-refractivity contribution in [3.05, 3.63) is 48.6 Å². The summed E-state index contributed by atoms with van der Waals surface area (Å²) in [6.07, 6.45) is 58.1. The third-order valence-electron chi connectivity index (χ3n) is 11.1. The van der Waals surface area contributed by atoms with E-state index in [2.05, 4.69) is 69.4 Å². The van der Waals surface area contributed by atoms with Crippen LogP contribution in [0.4, 0.5) is 0 Å². The highest BCUT2D eigenvalue weighted by atomic mass is 16.6. The van der Waals surface area contributed by atoms with Gasteiger partial charge < -0.3 is 14.2 Å². The van der Waals surface area contributed by atoms with Gasteiger partial charge in [-0.25, -0.2) is 0 Å². The van der Waals surface area contributed by atoms with E-state index in [0.717, 1.165) is 96.3 Å². The third kappa shape index (κ3) is 46.4. The number of unbranched alkanes of at least 4 members (excludes halogenated alkanes) is 27. The SMILES string of the molecule is CC/C=C\C/C=C\C/C=C\CCCCCCCCCC(=O)OCC(COC(=O)CCCCCCCCCCCC)OC(=O)CCCCCCC/C=C\CCCCCCCC. The van der Waals surface area contributed by atoms with Crippen LogP contribution in [0.1, 0.15) is 258 Å². The molecular formula is C54H96O6. The van der Waals surface area contributed by atoms with Gasteiger partial charge in [-0.3, -0.25) is 14.4 Å². The molecule has 0 aliphatic heterocycles. The fourth-order valence-corrected chi connectivity index (χ4v) is 7.22. The summed E-state index contributed by atoms with van der Waals surface area (Å²) in [5.41, 5.74) is 0. The molecule has 0 N–H and O–H groups in total. The summed E-state index contributed by atoms with van der Waals surface area (Å²) in [7, 11) is 0. The second-order valence-corrected chi connectivity index (χ2v) is 17.1. The molecule has 0 aliphatic rings. The predicted molar refractivity (Wildman–Crippen MR) is 256 cm³/mol. The molecule has 0 spiro atoms. The second kappa shape index (κ2) is 49.0. The molecule has 0 fully saturated rings. The Hall–Kier alpha value is -2.63. The summed E-state index contributed by atoms with van der Waals surface area (Å²) in [5.74, 6) is -0.891. The molecule has 1 unspecified atom stereocenters. The number of allylic oxidation sites excluding steroid dienone is 8. The van der Waals surface area contributed by atoms with Crippen LogP contribution in [0.25, 0.3) is 0 Å². The van der Waals surface area contributed by atoms with Crippen LogP contribution in [-0.4, -0.2) is 37.2 Å². The van der Waals surface area contributed by atoms with Crippen molar-refractivity contribution in [1.82, 2.24) is 0 Å². The van der Waals surface area contributed by atoms with Gasteiger partial charge in [-0.2, -0.15) is 0 Å². The maximum Gasteiger partial charge on any atom is 0.306 e. The van der Waals surface area contributed by atoms with Gasteiger partial charge in [0.1, 0.15) is 13.2 Å². The van der Waals surface area contributed by atoms with Crippen molar-refractivity contribution >= 4 is 17.9 Å². The van der Waals surface area contributed by atoms with Crippen molar-refractivity contribution in [2.75, 3.05) is 13.2 Å². The van der Waals surface area contributed by atoms with Crippen molar-refractivity contribution in [2.24, 2.45) is 0 Å². The molecule has 348 valence electrons. The number of esters is 3. The fourth-order valence-electron chi connectivity index (χ4n) is 7.22. The molecule has 0 aromatic heterocycles. The zero-order chi connectivity index (χ0) is 43.7. The molecule has 6 heteroatoms. The summed E-state index contributed by atoms with van der Waals surface area (Å²) >= 11 is 0. The van der Waals surface area contributed by atoms with Crippen molar-refractivity contribution in [1.29, 1.82) is 0 Å². The second-order valence-electron chi connectivity index (χ2n) is 17.1. The Morgan fingerprint density at radius 2 is 0.650 bits per heavy atom. The Morgan fingerprint density at radius 1 is 0.350 bits per heavy atom. The molecule has 0 rings (SSSR count). The average Bonchev–Trinajstić information content (AvgIpc) is 3.24. The van der Waals surface area contributed by atoms with Gasteiger partial charge in [-0.15, -0.1) is 0 Å². The third-order valence-corrected chi connectivity index (χ3v) is 11.1. The lowest BCUT2D eigenvalue weighted by Gasteiger charge is -2.18. The maximum absolute atomic E-state index is 12.8. The minimum atomic E-state index is -0.777. The van der Waals surface area contributed by atoms with Crippen molar-refractivity contribution in [2.45, 2.75) is 264 Å². The average molecular weight is 841 g/mol. The number of carbonyl (C=O) groups is 3. The van der Waals surface area contributed by atoms with Gasteiger partial charge in [0, 0.05) is 19.3 Å². The van der Waals surface area contributed by atoms with Crippen LogP contribution < -0.4 is 0 Å². The van der Waals surface area contributed by atoms with Crippen LogP contribution in [0.2, 0.25) is 0 Å². The number of hydrogen-bond acceptors (Lipinski definition) is 6. The largest absolute Gasteiger partial charge is 0.462 e. The molecule has 60 heavy (non-hydrogen) atoms. The molecule has 6 nitrogen and oxygen atoms in total. The first-order valence-electron chi connectivity index (χ1n) is 25.6. The van der Waals surface area contributed by atoms with Crippen LogP contribution in [0.15, 0.2) is 48.6 Å². The van der Waals surface area contributed by atoms with Gasteiger partial charge in [0.25, 0.3) is 0 Å². The quantitative estimate of drug-likeness (QED) is 0.0263. The molecule has 0 aromatic rings. The van der Waals surface area contributed by atoms with E-state index in [-0.39, 0.29) is 31.1 Å². The summed E-state index contributed by atoms with van der Waals surface area (Å²) < 4.78 is 16.8. The van der Waals surface area contributed by atoms with Crippen LogP contribution in [-0.2, 0) is 28.6 Å². The fraction of sp³-hybridized carbons (Fsp3) is 0.796. The summed E-state index contributed by atoms with van der Waals surface area (Å²) in [6, 6.07) is 0. The first-order chi connectivity index (χ1) is 29.5. The van der Waals surface area contributed by atoms with Gasteiger partial charge in [0.15, 0.2) is 6.10 Å². The lowest BCUT2D eigenvalue weighted by molar-refractivity contribution is -0.167. The van der Waals surface area contributed by atoms with Gasteiger partial charge in [-0.1, -0.05) is 211 Å². The van der Waals surface area contributed by atoms with Gasteiger partial charge in [0.2, 0.25) is 0 Å². The van der Waals surface area contributed by atoms with Crippen molar-refractivity contribution in [3.63, 3.8) is 0 Å². The van der Waals surface area contributed by atoms with Crippen molar-refractivity contribution in [3.8, 4) is 0 Å². The van der Waals surface area contributed by atoms with Crippen molar-refractivity contribution < 1.29 is 28.6 Å². The van der Waals surface area contributed by atoms with Gasteiger partial charge >= 0.3 is 17.9 Å². The highest BCUT2D eigenvalue weighted by Crippen LogP contribution is 2.15. The first-order valence-corrected chi connectivity index (χ1v) is 25.6. The Morgan fingerprint density at radius 3 is 1.03 bits per heavy atom. The van der Waals surface area contributed by atoms with Crippen LogP contribution in [0.5, 0.6) is 0 Å². The molecule has 0 radical (unpaired) electrons. The smallest absolute Gasteiger partial charge is 0.306 e. The van der Waals surface area contributed by atoms with Crippen LogP contribution in [0.3, 0.4) is 0 Å². The van der Waals surface area contributed by atoms with Gasteiger partial charge in [0.05, 0.1) is 0 Å². The molecule has 0 aliphatic carbocycles. The number of ether oxygens (including phenoxy) is 3. The zero-order valence-corrected chi connectivity index (χ0v) is 39.7. The monoisotopic (exact) mass is 841 g/mol. The highest BCUT2D eigenvalue weighted by molar-refractivity contribution is 5.71. The predicted octanol–water partition coefficient (Wildman–Crippen LogP) is 16.7. The minimum Gasteiger partial charge on any atom is -0.462 e. The maximum atomic E-state index is 12.8. The van der Waals surface area contributed by atoms with E-state index in [4.69, 9.17) is 14.2 Å². The van der Waals surface area contributed by atoms with E-state index in [9.17, 15) is 14.4 Å². The number of carbonyl (C=O) groups excluding carboxylic acids is 3. The van der Waals surface area contributed by atoms with Gasteiger partial charge in [-0.05, 0) is 77.0 Å². The van der Waals surface area contributed by atoms with E-state index in [0.29, 0.717) is 19.3 Å². The Labute approximate surface area is 371 Å². The summed E-state index contributed by atoms with van der Waals surface area (Å²) in [4.78, 5) is 37.9. The van der Waals surface area contributed by atoms with E-state index >= 15 is 0 Å². The first kappa shape index (κ1) is 57.4. The topological polar surface area (TPSA) is 78.9 Å². The van der Waals surface area contributed by atoms with E-state index in [1.807, 2.05) is 0 Å². The normalized spacial score (nSPS) is 12.4. The molecule has 0 amide bonds. The van der Waals surface area contributed by atoms with E-state index in [1.165, 1.54) is 122 Å². The van der Waals surface area contributed by atoms with Crippen LogP contribution >= 0.6 is 0 Å². The molecule has 0 saturated heterocycles. The number of hydrogen-bond donors (Lipinski definition) is 0. The Balaban J connectivity index is 4.36. The van der Waals surface area contributed by atoms with E-state index < -0.39 is 6.10 Å². The summed E-state index contributed by atoms with van der Waals surface area (Å²) in [5, 5.41) is 0. The lowest BCUT2D eigenvalue weighted by Crippen LogP contribution is -2.30. The Kier molecular flexibility index (Phi) is 46.9. The molecule has 0 saturated carbocycles. The van der Waals surface area contributed by atoms with Crippen LogP contribution in [0, 0.1) is 0 Å². The van der Waals surface area contributed by atoms with E-state index in [1.54, 1.807) is 0 Å². The molecule has 1 atom stereocenters. The summed E-state index contributed by atoms with van der Waals surface area (Å²) in [6.45, 7) is 6.51. The standard InChI is InChI=1S/C54H96O6/c1-4-7-10-13-16-19-22-24-26-27-29-30-32-35-38-41-44-47-53(56)59-50-51(49-58-52(55)46-43-40-37-34-21-18-15-12-9-6-3)60-54(57)48-45-42-39-36-33-31-28-25-23-20-17-14-11-8-5-2/h7,10,16,19,24-26,28,51H,4-6,8-9,11-15,17-18,20-23,27,29-50H2,1-3H3/b10-7-,19-16-,26-24-,28-25-. The zero-order valence-electron chi connectivity index (χ0n) is 39.7. The Bertz CT molecular complexity index is 1060. The number of rotatable bonds is 46.